The van der Waals surface area contributed by atoms with Gasteiger partial charge in [-0.15, -0.1) is 0 Å². The third kappa shape index (κ3) is 4.93. The van der Waals surface area contributed by atoms with Crippen molar-refractivity contribution in [3.8, 4) is 0 Å². The summed E-state index contributed by atoms with van der Waals surface area (Å²) < 4.78 is 0. The number of nitrogens with one attached hydrogen (secondary N) is 2. The molecular weight excluding hydrogens is 448 g/mol. The van der Waals surface area contributed by atoms with E-state index in [-0.39, 0.29) is 23.3 Å². The van der Waals surface area contributed by atoms with Crippen LogP contribution in [0, 0.1) is 0 Å². The van der Waals surface area contributed by atoms with Crippen LogP contribution in [0.1, 0.15) is 95.7 Å². The first-order valence-electron chi connectivity index (χ1n) is 13.7. The van der Waals surface area contributed by atoms with Crippen LogP contribution in [0.5, 0.6) is 0 Å². The number of aromatic nitrogens is 1. The molecular formula is C30H40N4O2. The summed E-state index contributed by atoms with van der Waals surface area (Å²) in [6.07, 6.45) is 12.6. The van der Waals surface area contributed by atoms with Gasteiger partial charge in [0.25, 0.3) is 0 Å². The minimum atomic E-state index is -0.774. The number of carbonyl (C=O) groups is 2. The molecule has 1 atom stereocenters. The van der Waals surface area contributed by atoms with E-state index in [4.69, 9.17) is 0 Å². The van der Waals surface area contributed by atoms with Crippen LogP contribution in [0.15, 0.2) is 48.8 Å². The summed E-state index contributed by atoms with van der Waals surface area (Å²) in [7, 11) is 0. The Hall–Kier alpha value is -2.73. The molecule has 36 heavy (non-hydrogen) atoms. The van der Waals surface area contributed by atoms with Crippen molar-refractivity contribution < 1.29 is 9.59 Å². The Kier molecular flexibility index (Phi) is 6.90. The highest BCUT2D eigenvalue weighted by Gasteiger charge is 2.53. The Bertz CT molecular complexity index is 1060. The number of nitrogens with zero attached hydrogens (tertiary/aromatic N) is 2. The lowest BCUT2D eigenvalue weighted by Crippen LogP contribution is -2.57. The molecule has 0 radical (unpaired) electrons. The molecule has 2 amide bonds. The van der Waals surface area contributed by atoms with Gasteiger partial charge in [-0.3, -0.25) is 19.5 Å². The highest BCUT2D eigenvalue weighted by molar-refractivity contribution is 6.06. The maximum Gasteiger partial charge on any atom is 0.248 e. The van der Waals surface area contributed by atoms with Crippen LogP contribution in [0.4, 0.5) is 5.69 Å². The summed E-state index contributed by atoms with van der Waals surface area (Å²) in [5.41, 5.74) is 2.09. The second-order valence-corrected chi connectivity index (χ2v) is 12.0. The number of hydrogen-bond donors (Lipinski definition) is 2. The minimum absolute atomic E-state index is 0.00114. The summed E-state index contributed by atoms with van der Waals surface area (Å²) in [6, 6.07) is 11.7. The van der Waals surface area contributed by atoms with Gasteiger partial charge in [-0.1, -0.05) is 58.2 Å². The Morgan fingerprint density at radius 1 is 1.03 bits per heavy atom. The number of hydrogen-bond acceptors (Lipinski definition) is 4. The molecule has 2 aromatic rings. The molecule has 6 heteroatoms. The first-order chi connectivity index (χ1) is 17.3. The molecule has 0 spiro atoms. The van der Waals surface area contributed by atoms with Crippen molar-refractivity contribution in [2.75, 3.05) is 4.90 Å². The zero-order chi connectivity index (χ0) is 25.3. The standard InChI is InChI=1S/C30H40N4O2/c1-29(2,3)22-11-13-25(14-12-22)34(28(36)30-17-15-24(33-30)16-18-30)26(21-8-7-19-31-20-21)27(35)32-23-9-5-4-6-10-23/h7-8,11-14,19-20,23-24,26,33H,4-6,9-10,15-18H2,1-3H3,(H,32,35). The maximum absolute atomic E-state index is 14.5. The molecule has 1 saturated carbocycles. The van der Waals surface area contributed by atoms with Crippen molar-refractivity contribution in [3.05, 3.63) is 59.9 Å². The summed E-state index contributed by atoms with van der Waals surface area (Å²) in [5.74, 6) is -0.120. The second kappa shape index (κ2) is 9.97. The third-order valence-electron chi connectivity index (χ3n) is 8.42. The van der Waals surface area contributed by atoms with Crippen molar-refractivity contribution in [3.63, 3.8) is 0 Å². The maximum atomic E-state index is 14.5. The number of amides is 2. The molecule has 1 aliphatic carbocycles. The van der Waals surface area contributed by atoms with Crippen LogP contribution >= 0.6 is 0 Å². The molecule has 2 N–H and O–H groups in total. The fourth-order valence-corrected chi connectivity index (χ4v) is 6.28. The normalized spacial score (nSPS) is 24.9. The average molecular weight is 489 g/mol. The zero-order valence-corrected chi connectivity index (χ0v) is 21.9. The SMILES string of the molecule is CC(C)(C)c1ccc(N(C(=O)C23CCC(CC2)N3)C(C(=O)NC2CCCCC2)c2cccnc2)cc1. The predicted octanol–water partition coefficient (Wildman–Crippen LogP) is 5.19. The van der Waals surface area contributed by atoms with Crippen LogP contribution in [-0.4, -0.2) is 34.4 Å². The molecule has 3 heterocycles. The first kappa shape index (κ1) is 24.9. The van der Waals surface area contributed by atoms with Crippen molar-refractivity contribution in [1.29, 1.82) is 0 Å². The Morgan fingerprint density at radius 2 is 1.72 bits per heavy atom. The van der Waals surface area contributed by atoms with Gasteiger partial charge >= 0.3 is 0 Å². The number of carbonyl (C=O) groups excluding carboxylic acids is 2. The fourth-order valence-electron chi connectivity index (χ4n) is 6.28. The van der Waals surface area contributed by atoms with E-state index in [0.29, 0.717) is 6.04 Å². The molecule has 3 fully saturated rings. The second-order valence-electron chi connectivity index (χ2n) is 12.0. The van der Waals surface area contributed by atoms with Crippen LogP contribution in [0.3, 0.4) is 0 Å². The molecule has 5 rings (SSSR count). The molecule has 192 valence electrons. The van der Waals surface area contributed by atoms with Gasteiger partial charge in [0.15, 0.2) is 0 Å². The molecule has 3 aliphatic rings. The van der Waals surface area contributed by atoms with Crippen molar-refractivity contribution in [2.45, 2.75) is 108 Å². The van der Waals surface area contributed by atoms with E-state index >= 15 is 0 Å². The van der Waals surface area contributed by atoms with Crippen LogP contribution in [0.2, 0.25) is 0 Å². The Morgan fingerprint density at radius 3 is 2.28 bits per heavy atom. The molecule has 1 aromatic carbocycles. The molecule has 1 unspecified atom stereocenters. The summed E-state index contributed by atoms with van der Waals surface area (Å²) in [6.45, 7) is 6.54. The van der Waals surface area contributed by atoms with Crippen LogP contribution in [-0.2, 0) is 15.0 Å². The Balaban J connectivity index is 1.56. The van der Waals surface area contributed by atoms with Crippen molar-refractivity contribution in [2.24, 2.45) is 0 Å². The highest BCUT2D eigenvalue weighted by atomic mass is 16.2. The largest absolute Gasteiger partial charge is 0.351 e. The van der Waals surface area contributed by atoms with Crippen LogP contribution < -0.4 is 15.5 Å². The lowest BCUT2D eigenvalue weighted by atomic mass is 9.85. The summed E-state index contributed by atoms with van der Waals surface area (Å²) in [4.78, 5) is 34.6. The fraction of sp³-hybridized carbons (Fsp3) is 0.567. The molecule has 2 saturated heterocycles. The highest BCUT2D eigenvalue weighted by Crippen LogP contribution is 2.42. The minimum Gasteiger partial charge on any atom is -0.351 e. The summed E-state index contributed by atoms with van der Waals surface area (Å²) in [5, 5.41) is 6.92. The Labute approximate surface area is 215 Å². The summed E-state index contributed by atoms with van der Waals surface area (Å²) >= 11 is 0. The number of rotatable bonds is 6. The molecule has 2 aliphatic heterocycles. The topological polar surface area (TPSA) is 74.3 Å². The quantitative estimate of drug-likeness (QED) is 0.587. The lowest BCUT2D eigenvalue weighted by molar-refractivity contribution is -0.130. The zero-order valence-electron chi connectivity index (χ0n) is 21.9. The number of fused-ring (bicyclic) bond motifs is 2. The van der Waals surface area contributed by atoms with Gasteiger partial charge in [0.2, 0.25) is 11.8 Å². The number of anilines is 1. The van der Waals surface area contributed by atoms with Crippen molar-refractivity contribution in [1.82, 2.24) is 15.6 Å². The van der Waals surface area contributed by atoms with Gasteiger partial charge < -0.3 is 10.6 Å². The van der Waals surface area contributed by atoms with E-state index in [1.807, 2.05) is 24.3 Å². The van der Waals surface area contributed by atoms with Gasteiger partial charge in [0.1, 0.15) is 6.04 Å². The average Bonchev–Trinajstić information content (AvgIpc) is 3.50. The number of pyridine rings is 1. The van der Waals surface area contributed by atoms with E-state index in [9.17, 15) is 9.59 Å². The molecule has 1 aromatic heterocycles. The number of benzene rings is 1. The monoisotopic (exact) mass is 488 g/mol. The third-order valence-corrected chi connectivity index (χ3v) is 8.42. The first-order valence-corrected chi connectivity index (χ1v) is 13.7. The van der Waals surface area contributed by atoms with E-state index in [1.54, 1.807) is 17.3 Å². The van der Waals surface area contributed by atoms with Gasteiger partial charge in [0.05, 0.1) is 5.54 Å². The lowest BCUT2D eigenvalue weighted by Gasteiger charge is -2.38. The smallest absolute Gasteiger partial charge is 0.248 e. The van der Waals surface area contributed by atoms with E-state index in [0.717, 1.165) is 62.6 Å². The van der Waals surface area contributed by atoms with E-state index < -0.39 is 11.6 Å². The van der Waals surface area contributed by atoms with Gasteiger partial charge in [0, 0.05) is 35.7 Å². The van der Waals surface area contributed by atoms with Gasteiger partial charge in [-0.25, -0.2) is 0 Å². The van der Waals surface area contributed by atoms with E-state index in [2.05, 4.69) is 48.5 Å². The molecule has 6 nitrogen and oxygen atoms in total. The predicted molar refractivity (Wildman–Crippen MR) is 143 cm³/mol. The van der Waals surface area contributed by atoms with Crippen LogP contribution in [0.25, 0.3) is 0 Å². The van der Waals surface area contributed by atoms with Gasteiger partial charge in [-0.05, 0) is 67.7 Å². The molecule has 2 bridgehead atoms. The van der Waals surface area contributed by atoms with Crippen molar-refractivity contribution >= 4 is 17.5 Å². The van der Waals surface area contributed by atoms with Gasteiger partial charge in [-0.2, -0.15) is 0 Å². The van der Waals surface area contributed by atoms with E-state index in [1.165, 1.54) is 12.0 Å².